The number of hydrogen-bond donors (Lipinski definition) is 1. The fourth-order valence-electron chi connectivity index (χ4n) is 3.42. The first-order valence-corrected chi connectivity index (χ1v) is 9.97. The molecular weight excluding hydrogens is 434 g/mol. The Hall–Kier alpha value is -4.15. The van der Waals surface area contributed by atoms with Crippen molar-refractivity contribution in [3.05, 3.63) is 52.1 Å². The van der Waals surface area contributed by atoms with Crippen LogP contribution in [0.15, 0.2) is 36.4 Å². The summed E-state index contributed by atoms with van der Waals surface area (Å²) in [6, 6.07) is 9.25. The topological polar surface area (TPSA) is 137 Å². The van der Waals surface area contributed by atoms with E-state index in [1.807, 2.05) is 0 Å². The van der Waals surface area contributed by atoms with Gasteiger partial charge in [0.25, 0.3) is 11.6 Å². The number of carbonyl (C=O) groups is 3. The van der Waals surface area contributed by atoms with E-state index in [0.29, 0.717) is 28.4 Å². The molecule has 1 aliphatic heterocycles. The van der Waals surface area contributed by atoms with Crippen molar-refractivity contribution in [1.82, 2.24) is 0 Å². The number of aryl methyl sites for hydroxylation is 1. The van der Waals surface area contributed by atoms with E-state index in [9.17, 15) is 24.5 Å². The first kappa shape index (κ1) is 23.5. The predicted octanol–water partition coefficient (Wildman–Crippen LogP) is 2.46. The van der Waals surface area contributed by atoms with Gasteiger partial charge in [0, 0.05) is 30.7 Å². The first-order valence-electron chi connectivity index (χ1n) is 9.97. The number of anilines is 2. The van der Waals surface area contributed by atoms with E-state index in [4.69, 9.17) is 14.2 Å². The van der Waals surface area contributed by atoms with Gasteiger partial charge in [0.15, 0.2) is 6.61 Å². The van der Waals surface area contributed by atoms with E-state index in [2.05, 4.69) is 5.32 Å². The lowest BCUT2D eigenvalue weighted by molar-refractivity contribution is -0.385. The van der Waals surface area contributed by atoms with Crippen LogP contribution in [0, 0.1) is 23.0 Å². The third-order valence-electron chi connectivity index (χ3n) is 5.19. The molecule has 1 heterocycles. The zero-order chi connectivity index (χ0) is 24.1. The number of hydrogen-bond acceptors (Lipinski definition) is 8. The lowest BCUT2D eigenvalue weighted by Gasteiger charge is -2.17. The standard InChI is InChI=1S/C22H23N3O8/c1-13-4-5-15(9-18(13)25(29)30)24-11-14(8-21(24)27)22(28)33-12-20(26)23-17-7-6-16(31-2)10-19(17)32-3/h4-7,9-10,14H,8,11-12H2,1-3H3,(H,23,26)/t14-/m0/s1. The van der Waals surface area contributed by atoms with Crippen LogP contribution in [0.25, 0.3) is 0 Å². The predicted molar refractivity (Wildman–Crippen MR) is 117 cm³/mol. The number of esters is 1. The average molecular weight is 457 g/mol. The summed E-state index contributed by atoms with van der Waals surface area (Å²) in [5.74, 6) is -1.51. The van der Waals surface area contributed by atoms with Crippen molar-refractivity contribution in [2.75, 3.05) is 37.6 Å². The summed E-state index contributed by atoms with van der Waals surface area (Å²) in [6.45, 7) is 1.06. The summed E-state index contributed by atoms with van der Waals surface area (Å²) >= 11 is 0. The summed E-state index contributed by atoms with van der Waals surface area (Å²) in [5.41, 5.74) is 1.06. The Morgan fingerprint density at radius 3 is 2.61 bits per heavy atom. The molecule has 2 amide bonds. The average Bonchev–Trinajstić information content (AvgIpc) is 3.19. The van der Waals surface area contributed by atoms with Crippen LogP contribution in [0.1, 0.15) is 12.0 Å². The minimum Gasteiger partial charge on any atom is -0.497 e. The molecule has 1 atom stereocenters. The summed E-state index contributed by atoms with van der Waals surface area (Å²) < 4.78 is 15.4. The van der Waals surface area contributed by atoms with Crippen molar-refractivity contribution in [1.29, 1.82) is 0 Å². The SMILES string of the molecule is COc1ccc(NC(=O)COC(=O)[C@H]2CC(=O)N(c3ccc(C)c([N+](=O)[O-])c3)C2)c(OC)c1. The molecule has 0 unspecified atom stereocenters. The van der Waals surface area contributed by atoms with Gasteiger partial charge in [0.05, 0.1) is 36.4 Å². The van der Waals surface area contributed by atoms with Crippen LogP contribution in [0.4, 0.5) is 17.1 Å². The maximum atomic E-state index is 12.4. The van der Waals surface area contributed by atoms with Gasteiger partial charge in [-0.2, -0.15) is 0 Å². The molecule has 2 aromatic carbocycles. The number of nitrogens with one attached hydrogen (secondary N) is 1. The van der Waals surface area contributed by atoms with Crippen LogP contribution in [0.5, 0.6) is 11.5 Å². The number of ether oxygens (including phenoxy) is 3. The molecule has 0 aromatic heterocycles. The molecule has 33 heavy (non-hydrogen) atoms. The number of nitrogens with zero attached hydrogens (tertiary/aromatic N) is 2. The van der Waals surface area contributed by atoms with Crippen molar-refractivity contribution in [2.45, 2.75) is 13.3 Å². The largest absolute Gasteiger partial charge is 0.497 e. The van der Waals surface area contributed by atoms with Gasteiger partial charge in [-0.25, -0.2) is 0 Å². The van der Waals surface area contributed by atoms with E-state index in [1.54, 1.807) is 37.3 Å². The number of amides is 2. The molecule has 0 spiro atoms. The molecule has 1 saturated heterocycles. The molecule has 1 N–H and O–H groups in total. The van der Waals surface area contributed by atoms with E-state index >= 15 is 0 Å². The van der Waals surface area contributed by atoms with Gasteiger partial charge in [-0.15, -0.1) is 0 Å². The highest BCUT2D eigenvalue weighted by molar-refractivity contribution is 6.00. The summed E-state index contributed by atoms with van der Waals surface area (Å²) in [6.07, 6.45) is -0.117. The third-order valence-corrected chi connectivity index (χ3v) is 5.19. The summed E-state index contributed by atoms with van der Waals surface area (Å²) in [5, 5.41) is 13.8. The lowest BCUT2D eigenvalue weighted by atomic mass is 10.1. The third kappa shape index (κ3) is 5.37. The molecule has 11 nitrogen and oxygen atoms in total. The second-order valence-corrected chi connectivity index (χ2v) is 7.36. The van der Waals surface area contributed by atoms with E-state index < -0.39 is 29.3 Å². The van der Waals surface area contributed by atoms with Gasteiger partial charge in [-0.3, -0.25) is 24.5 Å². The number of benzene rings is 2. The van der Waals surface area contributed by atoms with Crippen molar-refractivity contribution in [2.24, 2.45) is 5.92 Å². The maximum absolute atomic E-state index is 12.4. The molecule has 2 aromatic rings. The maximum Gasteiger partial charge on any atom is 0.311 e. The van der Waals surface area contributed by atoms with Crippen LogP contribution >= 0.6 is 0 Å². The normalized spacial score (nSPS) is 15.2. The monoisotopic (exact) mass is 457 g/mol. The van der Waals surface area contributed by atoms with Crippen molar-refractivity contribution in [3.63, 3.8) is 0 Å². The van der Waals surface area contributed by atoms with E-state index in [0.717, 1.165) is 0 Å². The fourth-order valence-corrected chi connectivity index (χ4v) is 3.42. The first-order chi connectivity index (χ1) is 15.7. The summed E-state index contributed by atoms with van der Waals surface area (Å²) in [7, 11) is 2.94. The molecule has 3 rings (SSSR count). The minimum atomic E-state index is -0.791. The number of nitro benzene ring substituents is 1. The van der Waals surface area contributed by atoms with Gasteiger partial charge in [0.2, 0.25) is 5.91 Å². The highest BCUT2D eigenvalue weighted by Crippen LogP contribution is 2.31. The zero-order valence-electron chi connectivity index (χ0n) is 18.3. The number of nitro groups is 1. The van der Waals surface area contributed by atoms with Gasteiger partial charge < -0.3 is 24.4 Å². The van der Waals surface area contributed by atoms with Gasteiger partial charge >= 0.3 is 5.97 Å². The second-order valence-electron chi connectivity index (χ2n) is 7.36. The molecule has 11 heteroatoms. The Morgan fingerprint density at radius 2 is 1.94 bits per heavy atom. The van der Waals surface area contributed by atoms with Crippen LogP contribution in [0.3, 0.4) is 0 Å². The molecule has 0 saturated carbocycles. The Labute approximate surface area is 189 Å². The fraction of sp³-hybridized carbons (Fsp3) is 0.318. The van der Waals surface area contributed by atoms with Crippen molar-refractivity contribution < 1.29 is 33.5 Å². The quantitative estimate of drug-likeness (QED) is 0.363. The van der Waals surface area contributed by atoms with Crippen LogP contribution < -0.4 is 19.7 Å². The molecule has 0 radical (unpaired) electrons. The zero-order valence-corrected chi connectivity index (χ0v) is 18.3. The van der Waals surface area contributed by atoms with Gasteiger partial charge in [-0.1, -0.05) is 6.07 Å². The number of carbonyl (C=O) groups excluding carboxylic acids is 3. The minimum absolute atomic E-state index is 0.00576. The molecule has 0 bridgehead atoms. The molecule has 1 fully saturated rings. The van der Waals surface area contributed by atoms with E-state index in [1.165, 1.54) is 25.2 Å². The Balaban J connectivity index is 1.58. The lowest BCUT2D eigenvalue weighted by Crippen LogP contribution is -2.28. The summed E-state index contributed by atoms with van der Waals surface area (Å²) in [4.78, 5) is 49.0. The van der Waals surface area contributed by atoms with Gasteiger partial charge in [-0.05, 0) is 25.1 Å². The van der Waals surface area contributed by atoms with Crippen molar-refractivity contribution >= 4 is 34.8 Å². The molecular formula is C22H23N3O8. The number of rotatable bonds is 8. The second kappa shape index (κ2) is 9.98. The van der Waals surface area contributed by atoms with Crippen LogP contribution in [-0.2, 0) is 19.1 Å². The Kier molecular flexibility index (Phi) is 7.11. The molecule has 174 valence electrons. The van der Waals surface area contributed by atoms with E-state index in [-0.39, 0.29) is 24.6 Å². The smallest absolute Gasteiger partial charge is 0.311 e. The van der Waals surface area contributed by atoms with Crippen LogP contribution in [-0.4, -0.2) is 50.1 Å². The molecule has 0 aliphatic carbocycles. The number of methoxy groups -OCH3 is 2. The Bertz CT molecular complexity index is 1100. The Morgan fingerprint density at radius 1 is 1.18 bits per heavy atom. The highest BCUT2D eigenvalue weighted by Gasteiger charge is 2.37. The molecule has 1 aliphatic rings. The highest BCUT2D eigenvalue weighted by atomic mass is 16.6. The van der Waals surface area contributed by atoms with Crippen LogP contribution in [0.2, 0.25) is 0 Å². The van der Waals surface area contributed by atoms with Crippen molar-refractivity contribution in [3.8, 4) is 11.5 Å². The van der Waals surface area contributed by atoms with Gasteiger partial charge in [0.1, 0.15) is 11.5 Å².